The molecule has 1 saturated heterocycles. The Kier molecular flexibility index (Phi) is 6.31. The molecule has 0 unspecified atom stereocenters. The predicted octanol–water partition coefficient (Wildman–Crippen LogP) is -0.826. The number of carbonyl (C=O) groups is 1. The van der Waals surface area contributed by atoms with Crippen molar-refractivity contribution in [2.75, 3.05) is 45.9 Å². The molecule has 1 rings (SSSR count). The van der Waals surface area contributed by atoms with Crippen LogP contribution < -0.4 is 11.1 Å². The van der Waals surface area contributed by atoms with Crippen molar-refractivity contribution in [2.24, 2.45) is 5.73 Å². The molecular formula is C10H21N3O2. The smallest absolute Gasteiger partial charge is 0.217 e. The summed E-state index contributed by atoms with van der Waals surface area (Å²) < 4.78 is 5.42. The van der Waals surface area contributed by atoms with Gasteiger partial charge in [-0.15, -0.1) is 0 Å². The molecule has 15 heavy (non-hydrogen) atoms. The Hall–Kier alpha value is -0.650. The van der Waals surface area contributed by atoms with Crippen LogP contribution in [0.4, 0.5) is 0 Å². The minimum Gasteiger partial charge on any atom is -0.380 e. The van der Waals surface area contributed by atoms with Crippen LogP contribution in [0.1, 0.15) is 12.8 Å². The highest BCUT2D eigenvalue weighted by Crippen LogP contribution is 1.93. The van der Waals surface area contributed by atoms with E-state index in [0.29, 0.717) is 13.0 Å². The number of carbonyl (C=O) groups excluding carboxylic acids is 1. The number of piperazine rings is 1. The number of primary amides is 1. The SMILES string of the molecule is NC(=O)CCCOCCN1CCNCC1. The van der Waals surface area contributed by atoms with E-state index in [1.165, 1.54) is 0 Å². The highest BCUT2D eigenvalue weighted by atomic mass is 16.5. The summed E-state index contributed by atoms with van der Waals surface area (Å²) in [6.07, 6.45) is 1.16. The van der Waals surface area contributed by atoms with Crippen molar-refractivity contribution in [3.05, 3.63) is 0 Å². The number of ether oxygens (including phenoxy) is 1. The van der Waals surface area contributed by atoms with Gasteiger partial charge in [-0.3, -0.25) is 9.69 Å². The van der Waals surface area contributed by atoms with Crippen LogP contribution in [0.25, 0.3) is 0 Å². The summed E-state index contributed by atoms with van der Waals surface area (Å²) in [4.78, 5) is 12.8. The lowest BCUT2D eigenvalue weighted by molar-refractivity contribution is -0.118. The first-order valence-corrected chi connectivity index (χ1v) is 5.58. The number of rotatable bonds is 7. The standard InChI is InChI=1S/C10H21N3O2/c11-10(14)2-1-8-15-9-7-13-5-3-12-4-6-13/h12H,1-9H2,(H2,11,14). The zero-order valence-electron chi connectivity index (χ0n) is 9.21. The van der Waals surface area contributed by atoms with Gasteiger partial charge in [-0.25, -0.2) is 0 Å². The van der Waals surface area contributed by atoms with Gasteiger partial charge in [0.25, 0.3) is 0 Å². The van der Waals surface area contributed by atoms with Crippen LogP contribution in [0.3, 0.4) is 0 Å². The van der Waals surface area contributed by atoms with Gasteiger partial charge in [0.05, 0.1) is 6.61 Å². The third kappa shape index (κ3) is 6.43. The summed E-state index contributed by atoms with van der Waals surface area (Å²) in [5.41, 5.74) is 5.01. The fourth-order valence-electron chi connectivity index (χ4n) is 1.58. The summed E-state index contributed by atoms with van der Waals surface area (Å²) in [6.45, 7) is 6.71. The molecule has 5 heteroatoms. The van der Waals surface area contributed by atoms with E-state index in [4.69, 9.17) is 10.5 Å². The van der Waals surface area contributed by atoms with Crippen molar-refractivity contribution in [3.8, 4) is 0 Å². The molecular weight excluding hydrogens is 194 g/mol. The molecule has 3 N–H and O–H groups in total. The number of nitrogens with one attached hydrogen (secondary N) is 1. The zero-order chi connectivity index (χ0) is 10.9. The Morgan fingerprint density at radius 3 is 2.73 bits per heavy atom. The minimum absolute atomic E-state index is 0.249. The Bertz CT molecular complexity index is 182. The molecule has 0 aliphatic carbocycles. The van der Waals surface area contributed by atoms with Crippen LogP contribution in [0.2, 0.25) is 0 Å². The van der Waals surface area contributed by atoms with Crippen LogP contribution in [-0.4, -0.2) is 56.7 Å². The monoisotopic (exact) mass is 215 g/mol. The first kappa shape index (κ1) is 12.4. The fraction of sp³-hybridized carbons (Fsp3) is 0.900. The second-order valence-electron chi connectivity index (χ2n) is 3.77. The molecule has 5 nitrogen and oxygen atoms in total. The lowest BCUT2D eigenvalue weighted by atomic mass is 10.3. The van der Waals surface area contributed by atoms with E-state index in [2.05, 4.69) is 10.2 Å². The first-order valence-electron chi connectivity index (χ1n) is 5.58. The Morgan fingerprint density at radius 1 is 1.33 bits per heavy atom. The van der Waals surface area contributed by atoms with Gasteiger partial charge in [0.2, 0.25) is 5.91 Å². The zero-order valence-corrected chi connectivity index (χ0v) is 9.21. The van der Waals surface area contributed by atoms with Gasteiger partial charge >= 0.3 is 0 Å². The first-order chi connectivity index (χ1) is 7.29. The van der Waals surface area contributed by atoms with E-state index in [-0.39, 0.29) is 5.91 Å². The Labute approximate surface area is 90.9 Å². The quantitative estimate of drug-likeness (QED) is 0.544. The molecule has 0 aromatic rings. The summed E-state index contributed by atoms with van der Waals surface area (Å²) >= 11 is 0. The molecule has 0 bridgehead atoms. The lowest BCUT2D eigenvalue weighted by Crippen LogP contribution is -2.44. The number of amides is 1. The van der Waals surface area contributed by atoms with Crippen molar-refractivity contribution >= 4 is 5.91 Å². The molecule has 0 spiro atoms. The highest BCUT2D eigenvalue weighted by molar-refractivity contribution is 5.73. The van der Waals surface area contributed by atoms with Gasteiger partial charge in [-0.1, -0.05) is 0 Å². The number of nitrogens with zero attached hydrogens (tertiary/aromatic N) is 1. The highest BCUT2D eigenvalue weighted by Gasteiger charge is 2.08. The lowest BCUT2D eigenvalue weighted by Gasteiger charge is -2.26. The maximum Gasteiger partial charge on any atom is 0.217 e. The van der Waals surface area contributed by atoms with Gasteiger partial charge in [0.1, 0.15) is 0 Å². The molecule has 0 aromatic carbocycles. The Morgan fingerprint density at radius 2 is 2.07 bits per heavy atom. The summed E-state index contributed by atoms with van der Waals surface area (Å²) in [6, 6.07) is 0. The van der Waals surface area contributed by atoms with E-state index in [0.717, 1.165) is 45.8 Å². The topological polar surface area (TPSA) is 67.6 Å². The second kappa shape index (κ2) is 7.62. The molecule has 0 saturated carbocycles. The molecule has 1 fully saturated rings. The van der Waals surface area contributed by atoms with Crippen LogP contribution >= 0.6 is 0 Å². The van der Waals surface area contributed by atoms with Crippen LogP contribution in [0, 0.1) is 0 Å². The molecule has 88 valence electrons. The van der Waals surface area contributed by atoms with E-state index >= 15 is 0 Å². The Balaban J connectivity index is 1.85. The van der Waals surface area contributed by atoms with Gasteiger partial charge in [0.15, 0.2) is 0 Å². The van der Waals surface area contributed by atoms with Crippen molar-refractivity contribution in [3.63, 3.8) is 0 Å². The van der Waals surface area contributed by atoms with Crippen molar-refractivity contribution < 1.29 is 9.53 Å². The summed E-state index contributed by atoms with van der Waals surface area (Å²) in [5, 5.41) is 3.30. The van der Waals surface area contributed by atoms with Gasteiger partial charge in [-0.2, -0.15) is 0 Å². The van der Waals surface area contributed by atoms with E-state index in [1.807, 2.05) is 0 Å². The third-order valence-corrected chi connectivity index (χ3v) is 2.47. The van der Waals surface area contributed by atoms with Crippen molar-refractivity contribution in [1.82, 2.24) is 10.2 Å². The van der Waals surface area contributed by atoms with Gasteiger partial charge in [0, 0.05) is 45.8 Å². The molecule has 1 amide bonds. The average Bonchev–Trinajstić information content (AvgIpc) is 2.24. The predicted molar refractivity (Wildman–Crippen MR) is 58.6 cm³/mol. The summed E-state index contributed by atoms with van der Waals surface area (Å²) in [7, 11) is 0. The third-order valence-electron chi connectivity index (χ3n) is 2.47. The molecule has 0 aromatic heterocycles. The number of hydrogen-bond donors (Lipinski definition) is 2. The largest absolute Gasteiger partial charge is 0.380 e. The molecule has 0 radical (unpaired) electrons. The van der Waals surface area contributed by atoms with Crippen molar-refractivity contribution in [1.29, 1.82) is 0 Å². The second-order valence-corrected chi connectivity index (χ2v) is 3.77. The van der Waals surface area contributed by atoms with Gasteiger partial charge in [-0.05, 0) is 6.42 Å². The normalized spacial score (nSPS) is 17.9. The maximum absolute atomic E-state index is 10.4. The van der Waals surface area contributed by atoms with Gasteiger partial charge < -0.3 is 15.8 Å². The van der Waals surface area contributed by atoms with Crippen LogP contribution in [-0.2, 0) is 9.53 Å². The van der Waals surface area contributed by atoms with E-state index in [1.54, 1.807) is 0 Å². The fourth-order valence-corrected chi connectivity index (χ4v) is 1.58. The average molecular weight is 215 g/mol. The molecule has 1 aliphatic rings. The minimum atomic E-state index is -0.249. The summed E-state index contributed by atoms with van der Waals surface area (Å²) in [5.74, 6) is -0.249. The maximum atomic E-state index is 10.4. The van der Waals surface area contributed by atoms with E-state index in [9.17, 15) is 4.79 Å². The van der Waals surface area contributed by atoms with Crippen molar-refractivity contribution in [2.45, 2.75) is 12.8 Å². The number of hydrogen-bond acceptors (Lipinski definition) is 4. The van der Waals surface area contributed by atoms with Crippen LogP contribution in [0.5, 0.6) is 0 Å². The van der Waals surface area contributed by atoms with E-state index < -0.39 is 0 Å². The van der Waals surface area contributed by atoms with Crippen LogP contribution in [0.15, 0.2) is 0 Å². The molecule has 0 atom stereocenters. The molecule has 1 heterocycles. The molecule has 1 aliphatic heterocycles. The number of nitrogens with two attached hydrogens (primary N) is 1.